The first-order chi connectivity index (χ1) is 16.7. The molecule has 0 saturated carbocycles. The van der Waals surface area contributed by atoms with Crippen LogP contribution in [0.15, 0.2) is 83.8 Å². The van der Waals surface area contributed by atoms with Crippen molar-refractivity contribution in [1.29, 1.82) is 0 Å². The minimum absolute atomic E-state index is 0.0393. The topological polar surface area (TPSA) is 52.7 Å². The number of rotatable bonds is 4. The molecule has 176 valence electrons. The summed E-state index contributed by atoms with van der Waals surface area (Å²) in [5.74, 6) is 0.358. The lowest BCUT2D eigenvalue weighted by Gasteiger charge is -2.18. The highest BCUT2D eigenvalue weighted by Gasteiger charge is 2.36. The van der Waals surface area contributed by atoms with Gasteiger partial charge in [0.05, 0.1) is 34.5 Å². The summed E-state index contributed by atoms with van der Waals surface area (Å²) in [4.78, 5) is 21.4. The molecule has 0 N–H and O–H groups in total. The highest BCUT2D eigenvalue weighted by atomic mass is 35.5. The highest BCUT2D eigenvalue weighted by molar-refractivity contribution is 6.29. The highest BCUT2D eigenvalue weighted by Crippen LogP contribution is 2.38. The molecule has 5 aromatic rings. The smallest absolute Gasteiger partial charge is 0.300 e. The number of aryl methyl sites for hydroxylation is 1. The quantitative estimate of drug-likeness (QED) is 0.295. The number of hydrogen-bond acceptors (Lipinski definition) is 3. The number of aromatic nitrogens is 4. The van der Waals surface area contributed by atoms with Crippen LogP contribution in [0.4, 0.5) is 13.2 Å². The molecule has 5 rings (SSSR count). The molecule has 0 spiro atoms. The number of alkyl halides is 3. The van der Waals surface area contributed by atoms with E-state index in [1.807, 2.05) is 12.1 Å². The Morgan fingerprint density at radius 2 is 1.60 bits per heavy atom. The fraction of sp³-hybridized carbons (Fsp3) is 0.115. The average molecular weight is 495 g/mol. The Balaban J connectivity index is 1.80. The second kappa shape index (κ2) is 8.70. The monoisotopic (exact) mass is 494 g/mol. The second-order valence-electron chi connectivity index (χ2n) is 8.08. The molecule has 5 nitrogen and oxygen atoms in total. The first kappa shape index (κ1) is 22.9. The van der Waals surface area contributed by atoms with Crippen molar-refractivity contribution in [3.8, 4) is 17.1 Å². The Morgan fingerprint density at radius 1 is 0.943 bits per heavy atom. The van der Waals surface area contributed by atoms with E-state index in [0.717, 1.165) is 11.6 Å². The largest absolute Gasteiger partial charge is 0.418 e. The van der Waals surface area contributed by atoms with Gasteiger partial charge in [0.15, 0.2) is 5.15 Å². The van der Waals surface area contributed by atoms with E-state index in [-0.39, 0.29) is 28.4 Å². The maximum Gasteiger partial charge on any atom is 0.418 e. The van der Waals surface area contributed by atoms with E-state index in [2.05, 4.69) is 9.97 Å². The lowest BCUT2D eigenvalue weighted by Crippen LogP contribution is -2.24. The van der Waals surface area contributed by atoms with Gasteiger partial charge in [0.25, 0.3) is 5.56 Å². The van der Waals surface area contributed by atoms with E-state index in [0.29, 0.717) is 17.1 Å². The molecular weight excluding hydrogens is 477 g/mol. The SMILES string of the molecule is Cc1cn(-c2cc3nc(Cl)c(=O)n(Cc4ccccc4)c3cc2C(F)(F)F)c(-c2ccccc2)n1. The Kier molecular flexibility index (Phi) is 5.68. The average Bonchev–Trinajstić information content (AvgIpc) is 3.23. The van der Waals surface area contributed by atoms with Gasteiger partial charge >= 0.3 is 6.18 Å². The molecule has 0 fully saturated rings. The number of halogens is 4. The third-order valence-electron chi connectivity index (χ3n) is 5.63. The molecule has 9 heteroatoms. The van der Waals surface area contributed by atoms with Crippen molar-refractivity contribution in [2.24, 2.45) is 0 Å². The Hall–Kier alpha value is -3.91. The van der Waals surface area contributed by atoms with E-state index in [4.69, 9.17) is 11.6 Å². The number of imidazole rings is 1. The molecule has 0 radical (unpaired) electrons. The summed E-state index contributed by atoms with van der Waals surface area (Å²) in [6, 6.07) is 20.2. The zero-order valence-corrected chi connectivity index (χ0v) is 19.2. The summed E-state index contributed by atoms with van der Waals surface area (Å²) in [5, 5.41) is -0.316. The van der Waals surface area contributed by atoms with E-state index >= 15 is 0 Å². The Morgan fingerprint density at radius 3 is 2.26 bits per heavy atom. The summed E-state index contributed by atoms with van der Waals surface area (Å²) in [7, 11) is 0. The summed E-state index contributed by atoms with van der Waals surface area (Å²) in [6.45, 7) is 1.76. The summed E-state index contributed by atoms with van der Waals surface area (Å²) < 4.78 is 45.7. The number of fused-ring (bicyclic) bond motifs is 1. The summed E-state index contributed by atoms with van der Waals surface area (Å²) >= 11 is 6.13. The fourth-order valence-electron chi connectivity index (χ4n) is 4.07. The van der Waals surface area contributed by atoms with Gasteiger partial charge in [0, 0.05) is 11.8 Å². The predicted octanol–water partition coefficient (Wildman–Crippen LogP) is 6.28. The van der Waals surface area contributed by atoms with Crippen molar-refractivity contribution in [2.45, 2.75) is 19.6 Å². The van der Waals surface area contributed by atoms with Crippen LogP contribution in [-0.4, -0.2) is 19.1 Å². The zero-order chi connectivity index (χ0) is 24.7. The number of nitrogens with zero attached hydrogens (tertiary/aromatic N) is 4. The van der Waals surface area contributed by atoms with Crippen LogP contribution >= 0.6 is 11.6 Å². The molecule has 35 heavy (non-hydrogen) atoms. The minimum Gasteiger partial charge on any atom is -0.300 e. The zero-order valence-electron chi connectivity index (χ0n) is 18.4. The Bertz CT molecular complexity index is 1590. The van der Waals surface area contributed by atoms with Gasteiger partial charge in [-0.3, -0.25) is 13.9 Å². The molecular formula is C26H18ClF3N4O. The lowest BCUT2D eigenvalue weighted by molar-refractivity contribution is -0.137. The van der Waals surface area contributed by atoms with E-state index in [9.17, 15) is 18.0 Å². The molecule has 0 atom stereocenters. The molecule has 0 amide bonds. The van der Waals surface area contributed by atoms with Crippen LogP contribution in [0.5, 0.6) is 0 Å². The van der Waals surface area contributed by atoms with Crippen molar-refractivity contribution in [1.82, 2.24) is 19.1 Å². The standard InChI is InChI=1S/C26H18ClF3N4O/c1-16-14-33(24(31-16)18-10-6-3-7-11-18)21-13-20-22(12-19(21)26(28,29)30)34(25(35)23(27)32-20)15-17-8-4-2-5-9-17/h2-14H,15H2,1H3. The molecule has 0 aliphatic rings. The van der Waals surface area contributed by atoms with E-state index in [1.165, 1.54) is 15.2 Å². The van der Waals surface area contributed by atoms with Gasteiger partial charge in [-0.1, -0.05) is 72.3 Å². The predicted molar refractivity (Wildman–Crippen MR) is 129 cm³/mol. The van der Waals surface area contributed by atoms with Crippen molar-refractivity contribution < 1.29 is 13.2 Å². The van der Waals surface area contributed by atoms with Gasteiger partial charge in [-0.05, 0) is 24.6 Å². The third kappa shape index (κ3) is 4.33. The first-order valence-electron chi connectivity index (χ1n) is 10.7. The third-order valence-corrected chi connectivity index (χ3v) is 5.88. The van der Waals surface area contributed by atoms with Crippen LogP contribution in [0, 0.1) is 6.92 Å². The van der Waals surface area contributed by atoms with Gasteiger partial charge in [0.1, 0.15) is 5.82 Å². The van der Waals surface area contributed by atoms with Crippen molar-refractivity contribution in [3.05, 3.63) is 111 Å². The molecule has 0 bridgehead atoms. The van der Waals surface area contributed by atoms with Crippen LogP contribution in [0.2, 0.25) is 5.15 Å². The molecule has 0 aliphatic carbocycles. The molecule has 0 saturated heterocycles. The summed E-state index contributed by atoms with van der Waals surface area (Å²) in [5.41, 5.74) is 0.435. The van der Waals surface area contributed by atoms with Gasteiger partial charge in [0.2, 0.25) is 0 Å². The second-order valence-corrected chi connectivity index (χ2v) is 8.44. The van der Waals surface area contributed by atoms with Crippen molar-refractivity contribution in [3.63, 3.8) is 0 Å². The molecule has 0 aliphatic heterocycles. The minimum atomic E-state index is -4.71. The molecule has 2 heterocycles. The van der Waals surface area contributed by atoms with Crippen molar-refractivity contribution >= 4 is 22.6 Å². The number of benzene rings is 3. The van der Waals surface area contributed by atoms with Crippen LogP contribution < -0.4 is 5.56 Å². The first-order valence-corrected chi connectivity index (χ1v) is 11.1. The lowest BCUT2D eigenvalue weighted by atomic mass is 10.1. The van der Waals surface area contributed by atoms with E-state index in [1.54, 1.807) is 61.7 Å². The van der Waals surface area contributed by atoms with Crippen LogP contribution in [0.1, 0.15) is 16.8 Å². The van der Waals surface area contributed by atoms with Crippen LogP contribution in [0.25, 0.3) is 28.1 Å². The van der Waals surface area contributed by atoms with Gasteiger partial charge < -0.3 is 0 Å². The maximum absolute atomic E-state index is 14.4. The van der Waals surface area contributed by atoms with Crippen LogP contribution in [-0.2, 0) is 12.7 Å². The molecule has 0 unspecified atom stereocenters. The van der Waals surface area contributed by atoms with Crippen molar-refractivity contribution in [2.75, 3.05) is 0 Å². The normalized spacial score (nSPS) is 11.8. The Labute approximate surface area is 203 Å². The number of hydrogen-bond donors (Lipinski definition) is 0. The molecule has 3 aromatic carbocycles. The van der Waals surface area contributed by atoms with Gasteiger partial charge in [-0.25, -0.2) is 9.97 Å². The van der Waals surface area contributed by atoms with Crippen LogP contribution in [0.3, 0.4) is 0 Å². The van der Waals surface area contributed by atoms with Gasteiger partial charge in [-0.15, -0.1) is 0 Å². The fourth-order valence-corrected chi connectivity index (χ4v) is 4.26. The summed E-state index contributed by atoms with van der Waals surface area (Å²) in [6.07, 6.45) is -3.16. The maximum atomic E-state index is 14.4. The van der Waals surface area contributed by atoms with Gasteiger partial charge in [-0.2, -0.15) is 13.2 Å². The van der Waals surface area contributed by atoms with E-state index < -0.39 is 17.3 Å². The molecule has 2 aromatic heterocycles.